The van der Waals surface area contributed by atoms with Crippen LogP contribution in [-0.4, -0.2) is 11.5 Å². The summed E-state index contributed by atoms with van der Waals surface area (Å²) in [7, 11) is 0. The van der Waals surface area contributed by atoms with Crippen molar-refractivity contribution in [3.63, 3.8) is 0 Å². The van der Waals surface area contributed by atoms with Crippen molar-refractivity contribution in [2.24, 2.45) is 5.73 Å². The smallest absolute Gasteiger partial charge is 0.192 e. The number of fused-ring (bicyclic) bond motifs is 1. The minimum Gasteiger partial charge on any atom is -0.441 e. The maximum absolute atomic E-state index is 5.53. The highest BCUT2D eigenvalue weighted by molar-refractivity contribution is 7.80. The summed E-state index contributed by atoms with van der Waals surface area (Å²) in [5, 5.41) is 0.0661. The fraction of sp³-hybridized carbons (Fsp3) is 0.300. The second-order valence-electron chi connectivity index (χ2n) is 3.21. The molecule has 0 saturated carbocycles. The van der Waals surface area contributed by atoms with Gasteiger partial charge in [-0.1, -0.05) is 6.07 Å². The molecule has 1 atom stereocenters. The van der Waals surface area contributed by atoms with Crippen LogP contribution < -0.4 is 5.73 Å². The van der Waals surface area contributed by atoms with Gasteiger partial charge in [-0.3, -0.25) is 0 Å². The average Bonchev–Trinajstić information content (AvgIpc) is 2.55. The Bertz CT molecular complexity index is 452. The molecule has 0 amide bonds. The minimum atomic E-state index is 0.0661. The van der Waals surface area contributed by atoms with E-state index in [0.717, 1.165) is 16.7 Å². The summed E-state index contributed by atoms with van der Waals surface area (Å²) in [6, 6.07) is 5.84. The Morgan fingerprint density at radius 3 is 3.07 bits per heavy atom. The van der Waals surface area contributed by atoms with Crippen LogP contribution in [0.3, 0.4) is 0 Å². The molecular weight excluding hydrogens is 196 g/mol. The average molecular weight is 208 g/mol. The number of nitrogens with two attached hydrogens (primary N) is 1. The van der Waals surface area contributed by atoms with Gasteiger partial charge in [0.05, 0.1) is 0 Å². The number of thiol groups is 1. The van der Waals surface area contributed by atoms with Crippen molar-refractivity contribution < 1.29 is 4.42 Å². The van der Waals surface area contributed by atoms with Gasteiger partial charge >= 0.3 is 0 Å². The molecule has 0 spiro atoms. The van der Waals surface area contributed by atoms with Gasteiger partial charge in [-0.2, -0.15) is 12.6 Å². The molecule has 1 aromatic carbocycles. The number of hydrogen-bond acceptors (Lipinski definition) is 4. The van der Waals surface area contributed by atoms with Crippen molar-refractivity contribution in [1.29, 1.82) is 0 Å². The van der Waals surface area contributed by atoms with Gasteiger partial charge in [-0.05, 0) is 17.7 Å². The second-order valence-corrected chi connectivity index (χ2v) is 3.83. The molecule has 0 bridgehead atoms. The summed E-state index contributed by atoms with van der Waals surface area (Å²) >= 11 is 4.37. The Hall–Kier alpha value is -1.00. The van der Waals surface area contributed by atoms with E-state index < -0.39 is 0 Å². The predicted octanol–water partition coefficient (Wildman–Crippen LogP) is 2.07. The van der Waals surface area contributed by atoms with Crippen LogP contribution in [0.25, 0.3) is 11.1 Å². The molecule has 2 rings (SSSR count). The van der Waals surface area contributed by atoms with E-state index in [1.165, 1.54) is 0 Å². The minimum absolute atomic E-state index is 0.0661. The van der Waals surface area contributed by atoms with E-state index in [-0.39, 0.29) is 5.25 Å². The summed E-state index contributed by atoms with van der Waals surface area (Å²) in [5.74, 6) is 0.681. The van der Waals surface area contributed by atoms with E-state index in [4.69, 9.17) is 10.2 Å². The van der Waals surface area contributed by atoms with Crippen LogP contribution in [0.4, 0.5) is 0 Å². The van der Waals surface area contributed by atoms with E-state index in [0.29, 0.717) is 12.4 Å². The molecule has 0 aliphatic heterocycles. The van der Waals surface area contributed by atoms with Gasteiger partial charge in [0.15, 0.2) is 11.5 Å². The molecule has 14 heavy (non-hydrogen) atoms. The largest absolute Gasteiger partial charge is 0.441 e. The molecule has 3 nitrogen and oxygen atoms in total. The summed E-state index contributed by atoms with van der Waals surface area (Å²) in [6.45, 7) is 2.35. The molecule has 0 fully saturated rings. The summed E-state index contributed by atoms with van der Waals surface area (Å²) < 4.78 is 5.37. The van der Waals surface area contributed by atoms with Gasteiger partial charge in [0.25, 0.3) is 0 Å². The van der Waals surface area contributed by atoms with Gasteiger partial charge in [-0.15, -0.1) is 0 Å². The first-order valence-corrected chi connectivity index (χ1v) is 4.97. The predicted molar refractivity (Wildman–Crippen MR) is 59.5 cm³/mol. The standard InChI is InChI=1S/C10H12N2OS/c1-6-12-8-4-7(10(14)5-11)2-3-9(8)13-6/h2-4,10,14H,5,11H2,1H3. The Morgan fingerprint density at radius 1 is 1.57 bits per heavy atom. The lowest BCUT2D eigenvalue weighted by molar-refractivity contribution is 0.561. The first kappa shape index (κ1) is 9.55. The van der Waals surface area contributed by atoms with Gasteiger partial charge in [0, 0.05) is 18.7 Å². The van der Waals surface area contributed by atoms with Gasteiger partial charge in [0.1, 0.15) is 5.52 Å². The van der Waals surface area contributed by atoms with E-state index in [9.17, 15) is 0 Å². The van der Waals surface area contributed by atoms with Gasteiger partial charge < -0.3 is 10.2 Å². The second kappa shape index (κ2) is 3.63. The number of aromatic nitrogens is 1. The zero-order valence-corrected chi connectivity index (χ0v) is 8.79. The van der Waals surface area contributed by atoms with Crippen molar-refractivity contribution in [2.75, 3.05) is 6.54 Å². The zero-order chi connectivity index (χ0) is 10.1. The first-order chi connectivity index (χ1) is 6.70. The maximum atomic E-state index is 5.53. The van der Waals surface area contributed by atoms with E-state index >= 15 is 0 Å². The Morgan fingerprint density at radius 2 is 2.36 bits per heavy atom. The number of benzene rings is 1. The molecular formula is C10H12N2OS. The van der Waals surface area contributed by atoms with Crippen molar-refractivity contribution >= 4 is 23.7 Å². The van der Waals surface area contributed by atoms with E-state index in [2.05, 4.69) is 17.6 Å². The fourth-order valence-electron chi connectivity index (χ4n) is 1.40. The zero-order valence-electron chi connectivity index (χ0n) is 7.90. The molecule has 1 aromatic heterocycles. The highest BCUT2D eigenvalue weighted by atomic mass is 32.1. The number of aryl methyl sites for hydroxylation is 1. The summed E-state index contributed by atoms with van der Waals surface area (Å²) in [5.41, 5.74) is 8.29. The SMILES string of the molecule is Cc1nc2cc(C(S)CN)ccc2o1. The van der Waals surface area contributed by atoms with Crippen LogP contribution in [0, 0.1) is 6.92 Å². The molecule has 1 heterocycles. The summed E-state index contributed by atoms with van der Waals surface area (Å²) in [4.78, 5) is 4.25. The third kappa shape index (κ3) is 1.63. The molecule has 0 radical (unpaired) electrons. The monoisotopic (exact) mass is 208 g/mol. The van der Waals surface area contributed by atoms with Crippen molar-refractivity contribution in [3.8, 4) is 0 Å². The lowest BCUT2D eigenvalue weighted by Crippen LogP contribution is -2.06. The number of nitrogens with zero attached hydrogens (tertiary/aromatic N) is 1. The molecule has 2 aromatic rings. The van der Waals surface area contributed by atoms with Crippen LogP contribution in [0.5, 0.6) is 0 Å². The molecule has 0 aliphatic rings. The van der Waals surface area contributed by atoms with Gasteiger partial charge in [-0.25, -0.2) is 4.98 Å². The van der Waals surface area contributed by atoms with Crippen LogP contribution >= 0.6 is 12.6 Å². The van der Waals surface area contributed by atoms with Crippen LogP contribution in [0.2, 0.25) is 0 Å². The normalized spacial score (nSPS) is 13.4. The van der Waals surface area contributed by atoms with Crippen LogP contribution in [-0.2, 0) is 0 Å². The molecule has 0 saturated heterocycles. The van der Waals surface area contributed by atoms with Crippen molar-refractivity contribution in [3.05, 3.63) is 29.7 Å². The number of rotatable bonds is 2. The van der Waals surface area contributed by atoms with E-state index in [1.807, 2.05) is 25.1 Å². The number of oxazole rings is 1. The van der Waals surface area contributed by atoms with E-state index in [1.54, 1.807) is 0 Å². The molecule has 0 aliphatic carbocycles. The Kier molecular flexibility index (Phi) is 2.48. The Labute approximate surface area is 87.7 Å². The quantitative estimate of drug-likeness (QED) is 0.743. The third-order valence-corrected chi connectivity index (χ3v) is 2.64. The molecule has 4 heteroatoms. The van der Waals surface area contributed by atoms with Crippen LogP contribution in [0.1, 0.15) is 16.7 Å². The van der Waals surface area contributed by atoms with Gasteiger partial charge in [0.2, 0.25) is 0 Å². The maximum Gasteiger partial charge on any atom is 0.192 e. The molecule has 2 N–H and O–H groups in total. The van der Waals surface area contributed by atoms with Crippen molar-refractivity contribution in [2.45, 2.75) is 12.2 Å². The molecule has 74 valence electrons. The lowest BCUT2D eigenvalue weighted by atomic mass is 10.1. The topological polar surface area (TPSA) is 52.0 Å². The first-order valence-electron chi connectivity index (χ1n) is 4.46. The van der Waals surface area contributed by atoms with Crippen LogP contribution in [0.15, 0.2) is 22.6 Å². The molecule has 1 unspecified atom stereocenters. The number of hydrogen-bond donors (Lipinski definition) is 2. The highest BCUT2D eigenvalue weighted by Crippen LogP contribution is 2.23. The summed E-state index contributed by atoms with van der Waals surface area (Å²) in [6.07, 6.45) is 0. The van der Waals surface area contributed by atoms with Crippen molar-refractivity contribution in [1.82, 2.24) is 4.98 Å². The Balaban J connectivity index is 2.50. The fourth-order valence-corrected chi connectivity index (χ4v) is 1.56. The lowest BCUT2D eigenvalue weighted by Gasteiger charge is -2.06. The highest BCUT2D eigenvalue weighted by Gasteiger charge is 2.07. The third-order valence-electron chi connectivity index (χ3n) is 2.13.